The number of carbonyl (C=O) groups is 1. The largest absolute Gasteiger partial charge is 0.423 e. The van der Waals surface area contributed by atoms with Gasteiger partial charge in [-0.3, -0.25) is 4.79 Å². The van der Waals surface area contributed by atoms with Gasteiger partial charge in [-0.2, -0.15) is 0 Å². The molecule has 0 radical (unpaired) electrons. The summed E-state index contributed by atoms with van der Waals surface area (Å²) >= 11 is 0. The van der Waals surface area contributed by atoms with Crippen molar-refractivity contribution >= 4 is 5.97 Å². The van der Waals surface area contributed by atoms with Crippen LogP contribution in [-0.2, 0) is 4.79 Å². The van der Waals surface area contributed by atoms with Gasteiger partial charge in [0.25, 0.3) is 0 Å². The summed E-state index contributed by atoms with van der Waals surface area (Å²) in [6, 6.07) is 3.11. The van der Waals surface area contributed by atoms with Crippen molar-refractivity contribution in [2.45, 2.75) is 77.0 Å². The molecule has 4 heteroatoms. The van der Waals surface area contributed by atoms with E-state index in [2.05, 4.69) is 6.58 Å². The Hall–Kier alpha value is -1.71. The van der Waals surface area contributed by atoms with Crippen molar-refractivity contribution in [2.75, 3.05) is 0 Å². The maximum Gasteiger partial charge on any atom is 0.314 e. The topological polar surface area (TPSA) is 26.3 Å². The maximum atomic E-state index is 13.9. The Labute approximate surface area is 185 Å². The number of carbonyl (C=O) groups excluding carboxylic acids is 1. The number of allylic oxidation sites excluding steroid dienone is 1. The second-order valence-corrected chi connectivity index (χ2v) is 10.2. The summed E-state index contributed by atoms with van der Waals surface area (Å²) in [5, 5.41) is 0. The minimum absolute atomic E-state index is 0.154. The molecule has 170 valence electrons. The summed E-state index contributed by atoms with van der Waals surface area (Å²) in [5.74, 6) is 1.34. The molecule has 4 unspecified atom stereocenters. The monoisotopic (exact) mass is 430 g/mol. The van der Waals surface area contributed by atoms with Crippen molar-refractivity contribution in [2.24, 2.45) is 35.5 Å². The highest BCUT2D eigenvalue weighted by Gasteiger charge is 2.43. The predicted octanol–water partition coefficient (Wildman–Crippen LogP) is 7.48. The molecule has 2 nitrogen and oxygen atoms in total. The summed E-state index contributed by atoms with van der Waals surface area (Å²) in [6.07, 6.45) is 16.5. The van der Waals surface area contributed by atoms with Crippen LogP contribution in [0.1, 0.15) is 77.0 Å². The zero-order valence-corrected chi connectivity index (χ0v) is 18.5. The number of hydrogen-bond donors (Lipinski definition) is 0. The lowest BCUT2D eigenvalue weighted by atomic mass is 9.59. The van der Waals surface area contributed by atoms with Gasteiger partial charge in [-0.05, 0) is 93.1 Å². The number of halogens is 2. The van der Waals surface area contributed by atoms with Gasteiger partial charge >= 0.3 is 5.97 Å². The Balaban J connectivity index is 1.32. The first-order valence-corrected chi connectivity index (χ1v) is 12.3. The third-order valence-electron chi connectivity index (χ3n) is 8.43. The van der Waals surface area contributed by atoms with E-state index in [-0.39, 0.29) is 17.6 Å². The second kappa shape index (κ2) is 10.3. The molecule has 3 saturated carbocycles. The standard InChI is InChI=1S/C27H36F2O2/c1-2-3-5-18-8-10-19(11-9-18)20-12-14-23-21(16-20)6-4-7-24(23)27(30)31-26-15-13-22(28)17-25(26)29/h2,13,15,17-21,23-24H,1,3-12,14,16H2. The van der Waals surface area contributed by atoms with Gasteiger partial charge in [0.2, 0.25) is 0 Å². The van der Waals surface area contributed by atoms with E-state index in [1.807, 2.05) is 6.08 Å². The zero-order valence-electron chi connectivity index (χ0n) is 18.5. The van der Waals surface area contributed by atoms with Crippen LogP contribution < -0.4 is 4.74 Å². The highest BCUT2D eigenvalue weighted by Crippen LogP contribution is 2.50. The van der Waals surface area contributed by atoms with E-state index >= 15 is 0 Å². The molecule has 0 saturated heterocycles. The Morgan fingerprint density at radius 2 is 1.77 bits per heavy atom. The van der Waals surface area contributed by atoms with Crippen LogP contribution in [0.5, 0.6) is 5.75 Å². The quantitative estimate of drug-likeness (QED) is 0.266. The third kappa shape index (κ3) is 5.38. The minimum Gasteiger partial charge on any atom is -0.423 e. The smallest absolute Gasteiger partial charge is 0.314 e. The summed E-state index contributed by atoms with van der Waals surface area (Å²) in [5.41, 5.74) is 0. The number of ether oxygens (including phenoxy) is 1. The molecule has 4 rings (SSSR count). The SMILES string of the molecule is C=CCCC1CCC(C2CCC3C(CCCC3C(=O)Oc3ccc(F)cc3F)C2)CC1. The molecular weight excluding hydrogens is 394 g/mol. The van der Waals surface area contributed by atoms with Gasteiger partial charge in [-0.25, -0.2) is 8.78 Å². The molecular formula is C27H36F2O2. The van der Waals surface area contributed by atoms with E-state index in [1.54, 1.807) is 0 Å². The second-order valence-electron chi connectivity index (χ2n) is 10.2. The van der Waals surface area contributed by atoms with Crippen LogP contribution in [0.4, 0.5) is 8.78 Å². The molecule has 31 heavy (non-hydrogen) atoms. The molecule has 0 bridgehead atoms. The number of fused-ring (bicyclic) bond motifs is 1. The molecule has 0 spiro atoms. The summed E-state index contributed by atoms with van der Waals surface area (Å²) in [7, 11) is 0. The van der Waals surface area contributed by atoms with Crippen molar-refractivity contribution in [3.63, 3.8) is 0 Å². The highest BCUT2D eigenvalue weighted by molar-refractivity contribution is 5.75. The fraction of sp³-hybridized carbons (Fsp3) is 0.667. The lowest BCUT2D eigenvalue weighted by Crippen LogP contribution is -2.40. The van der Waals surface area contributed by atoms with Crippen molar-refractivity contribution in [1.82, 2.24) is 0 Å². The summed E-state index contributed by atoms with van der Waals surface area (Å²) in [4.78, 5) is 12.9. The maximum absolute atomic E-state index is 13.9. The Morgan fingerprint density at radius 3 is 2.52 bits per heavy atom. The first kappa shape index (κ1) is 22.5. The van der Waals surface area contributed by atoms with Crippen molar-refractivity contribution in [1.29, 1.82) is 0 Å². The summed E-state index contributed by atoms with van der Waals surface area (Å²) in [6.45, 7) is 3.85. The molecule has 0 N–H and O–H groups in total. The predicted molar refractivity (Wildman–Crippen MR) is 119 cm³/mol. The van der Waals surface area contributed by atoms with Crippen LogP contribution in [0.2, 0.25) is 0 Å². The number of esters is 1. The van der Waals surface area contributed by atoms with Crippen molar-refractivity contribution in [3.8, 4) is 5.75 Å². The fourth-order valence-electron chi connectivity index (χ4n) is 6.76. The molecule has 0 heterocycles. The van der Waals surface area contributed by atoms with E-state index in [4.69, 9.17) is 4.74 Å². The van der Waals surface area contributed by atoms with Crippen LogP contribution in [0.15, 0.2) is 30.9 Å². The average molecular weight is 431 g/mol. The van der Waals surface area contributed by atoms with Crippen LogP contribution in [0, 0.1) is 47.1 Å². The molecule has 3 aliphatic rings. The molecule has 1 aromatic rings. The van der Waals surface area contributed by atoms with Gasteiger partial charge in [-0.15, -0.1) is 6.58 Å². The Morgan fingerprint density at radius 1 is 1.00 bits per heavy atom. The minimum atomic E-state index is -0.812. The Kier molecular flexibility index (Phi) is 7.45. The molecule has 3 fully saturated rings. The van der Waals surface area contributed by atoms with Gasteiger partial charge in [0.15, 0.2) is 11.6 Å². The van der Waals surface area contributed by atoms with E-state index < -0.39 is 11.6 Å². The zero-order chi connectivity index (χ0) is 21.8. The lowest BCUT2D eigenvalue weighted by Gasteiger charge is -2.46. The average Bonchev–Trinajstić information content (AvgIpc) is 2.79. The van der Waals surface area contributed by atoms with Gasteiger partial charge in [0.1, 0.15) is 5.82 Å². The first-order chi connectivity index (χ1) is 15.0. The van der Waals surface area contributed by atoms with Crippen molar-refractivity contribution < 1.29 is 18.3 Å². The van der Waals surface area contributed by atoms with E-state index in [9.17, 15) is 13.6 Å². The van der Waals surface area contributed by atoms with E-state index in [0.717, 1.165) is 55.6 Å². The van der Waals surface area contributed by atoms with Gasteiger partial charge in [0.05, 0.1) is 5.92 Å². The summed E-state index contributed by atoms with van der Waals surface area (Å²) < 4.78 is 32.5. The normalized spacial score (nSPS) is 33.4. The van der Waals surface area contributed by atoms with Gasteiger partial charge < -0.3 is 4.74 Å². The number of rotatable bonds is 6. The van der Waals surface area contributed by atoms with Crippen LogP contribution in [-0.4, -0.2) is 5.97 Å². The molecule has 1 aromatic carbocycles. The molecule has 3 aliphatic carbocycles. The molecule has 0 aromatic heterocycles. The number of benzene rings is 1. The van der Waals surface area contributed by atoms with Crippen LogP contribution in [0.25, 0.3) is 0 Å². The first-order valence-electron chi connectivity index (χ1n) is 12.3. The van der Waals surface area contributed by atoms with Gasteiger partial charge in [0, 0.05) is 6.07 Å². The number of hydrogen-bond acceptors (Lipinski definition) is 2. The van der Waals surface area contributed by atoms with Crippen molar-refractivity contribution in [3.05, 3.63) is 42.5 Å². The molecule has 0 amide bonds. The third-order valence-corrected chi connectivity index (χ3v) is 8.43. The molecule has 4 atom stereocenters. The highest BCUT2D eigenvalue weighted by atomic mass is 19.1. The molecule has 0 aliphatic heterocycles. The fourth-order valence-corrected chi connectivity index (χ4v) is 6.76. The van der Waals surface area contributed by atoms with E-state index in [1.165, 1.54) is 57.4 Å². The van der Waals surface area contributed by atoms with Crippen LogP contribution in [0.3, 0.4) is 0 Å². The Bertz CT molecular complexity index is 768. The van der Waals surface area contributed by atoms with Gasteiger partial charge in [-0.1, -0.05) is 31.8 Å². The van der Waals surface area contributed by atoms with Crippen LogP contribution >= 0.6 is 0 Å². The van der Waals surface area contributed by atoms with E-state index in [0.29, 0.717) is 11.8 Å². The lowest BCUT2D eigenvalue weighted by molar-refractivity contribution is -0.144.